The van der Waals surface area contributed by atoms with Crippen LogP contribution in [0.2, 0.25) is 0 Å². The van der Waals surface area contributed by atoms with E-state index in [9.17, 15) is 14.3 Å². The molecule has 0 bridgehead atoms. The highest BCUT2D eigenvalue weighted by Crippen LogP contribution is 2.43. The van der Waals surface area contributed by atoms with Crippen LogP contribution in [0.25, 0.3) is 11.4 Å². The van der Waals surface area contributed by atoms with Gasteiger partial charge in [0.2, 0.25) is 0 Å². The molecule has 0 unspecified atom stereocenters. The smallest absolute Gasteiger partial charge is 0.280 e. The molecule has 0 aromatic carbocycles. The zero-order valence-electron chi connectivity index (χ0n) is 17.1. The summed E-state index contributed by atoms with van der Waals surface area (Å²) in [6.45, 7) is -0.0144. The minimum absolute atomic E-state index is 0.0751. The molecule has 3 heterocycles. The molecule has 3 aromatic rings. The van der Waals surface area contributed by atoms with Crippen LogP contribution in [-0.4, -0.2) is 62.1 Å². The highest BCUT2D eigenvalue weighted by Gasteiger charge is 2.41. The molecule has 1 aliphatic rings. The number of carbonyl (C=O) groups excluding carboxylic acids is 1. The number of thiazole rings is 1. The van der Waals surface area contributed by atoms with E-state index in [0.717, 1.165) is 30.6 Å². The van der Waals surface area contributed by atoms with Gasteiger partial charge in [0.15, 0.2) is 5.01 Å². The van der Waals surface area contributed by atoms with Gasteiger partial charge in [-0.3, -0.25) is 9.78 Å². The van der Waals surface area contributed by atoms with Gasteiger partial charge in [0.1, 0.15) is 23.0 Å². The molecule has 0 spiro atoms. The number of anilines is 1. The number of hydrogen-bond acceptors (Lipinski definition) is 9. The van der Waals surface area contributed by atoms with Crippen molar-refractivity contribution >= 4 is 23.1 Å². The van der Waals surface area contributed by atoms with Gasteiger partial charge in [-0.2, -0.15) is 0 Å². The summed E-state index contributed by atoms with van der Waals surface area (Å²) in [5.74, 6) is -0.216. The maximum absolute atomic E-state index is 14.3. The summed E-state index contributed by atoms with van der Waals surface area (Å²) in [5.41, 5.74) is 0.973. The molecular formula is C21H22FN6O3S. The largest absolute Gasteiger partial charge is 0.394 e. The summed E-state index contributed by atoms with van der Waals surface area (Å²) in [4.78, 5) is 20.5. The third-order valence-electron chi connectivity index (χ3n) is 5.45. The molecule has 1 fully saturated rings. The molecule has 1 amide bonds. The Hall–Kier alpha value is -3.02. The number of halogens is 1. The van der Waals surface area contributed by atoms with Crippen molar-refractivity contribution < 1.29 is 19.4 Å². The van der Waals surface area contributed by atoms with Crippen molar-refractivity contribution in [1.82, 2.24) is 25.5 Å². The zero-order chi connectivity index (χ0) is 22.6. The Kier molecular flexibility index (Phi) is 6.68. The molecule has 4 N–H and O–H groups in total. The summed E-state index contributed by atoms with van der Waals surface area (Å²) in [5, 5.41) is 35.2. The van der Waals surface area contributed by atoms with Gasteiger partial charge in [0.25, 0.3) is 5.91 Å². The van der Waals surface area contributed by atoms with Crippen molar-refractivity contribution in [3.05, 3.63) is 52.4 Å². The van der Waals surface area contributed by atoms with Gasteiger partial charge in [-0.15, -0.1) is 21.5 Å². The molecule has 167 valence electrons. The first-order chi connectivity index (χ1) is 15.5. The molecule has 0 aliphatic heterocycles. The number of nitrogens with one attached hydrogen (secondary N) is 2. The van der Waals surface area contributed by atoms with E-state index in [0.29, 0.717) is 29.4 Å². The molecule has 1 atom stereocenters. The van der Waals surface area contributed by atoms with Gasteiger partial charge in [0.05, 0.1) is 23.8 Å². The predicted octanol–water partition coefficient (Wildman–Crippen LogP) is 1.55. The van der Waals surface area contributed by atoms with Gasteiger partial charge < -0.3 is 20.8 Å². The van der Waals surface area contributed by atoms with Crippen molar-refractivity contribution in [2.24, 2.45) is 0 Å². The molecule has 1 radical (unpaired) electrons. The summed E-state index contributed by atoms with van der Waals surface area (Å²) < 4.78 is 14.3. The summed E-state index contributed by atoms with van der Waals surface area (Å²) >= 11 is 1.02. The van der Waals surface area contributed by atoms with Gasteiger partial charge in [-0.25, -0.2) is 9.37 Å². The Morgan fingerprint density at radius 1 is 1.31 bits per heavy atom. The standard InChI is InChI=1S/C21H22FN6O3S/c22-14-3-1-8-23-18(14)21(6-2-7-21)12-25-17-5-4-15(27-28-17)16-11-32-20(26-16)19(31)24-9-13(30)10-29/h1,3-5,8,13,29-30H,2,6-7,9-10,12H2,(H,24,31)(H,25,28)/t13-/m1/s1. The first kappa shape index (κ1) is 22.2. The maximum atomic E-state index is 14.3. The Morgan fingerprint density at radius 2 is 2.16 bits per heavy atom. The lowest BCUT2D eigenvalue weighted by Gasteiger charge is -2.41. The average molecular weight is 458 g/mol. The number of aromatic nitrogens is 4. The molecule has 4 rings (SSSR count). The molecule has 9 nitrogen and oxygen atoms in total. The first-order valence-electron chi connectivity index (χ1n) is 10.2. The average Bonchev–Trinajstić information content (AvgIpc) is 3.28. The quantitative estimate of drug-likeness (QED) is 0.380. The Bertz CT molecular complexity index is 1070. The lowest BCUT2D eigenvalue weighted by molar-refractivity contribution is 0.0802. The third-order valence-corrected chi connectivity index (χ3v) is 6.21. The molecule has 1 saturated carbocycles. The van der Waals surface area contributed by atoms with Crippen molar-refractivity contribution in [2.45, 2.75) is 30.8 Å². The number of aliphatic hydroxyl groups excluding tert-OH is 2. The Morgan fingerprint density at radius 3 is 2.81 bits per heavy atom. The minimum Gasteiger partial charge on any atom is -0.394 e. The second-order valence-electron chi connectivity index (χ2n) is 7.64. The van der Waals surface area contributed by atoms with E-state index in [4.69, 9.17) is 5.11 Å². The summed E-state index contributed by atoms with van der Waals surface area (Å²) in [6.07, 6.45) is 3.32. The predicted molar refractivity (Wildman–Crippen MR) is 116 cm³/mol. The fourth-order valence-corrected chi connectivity index (χ4v) is 4.14. The van der Waals surface area contributed by atoms with Crippen LogP contribution in [0.3, 0.4) is 0 Å². The summed E-state index contributed by atoms with van der Waals surface area (Å²) in [7, 11) is 0. The van der Waals surface area contributed by atoms with Crippen molar-refractivity contribution in [1.29, 1.82) is 0 Å². The van der Waals surface area contributed by atoms with Crippen LogP contribution in [0, 0.1) is 11.2 Å². The highest BCUT2D eigenvalue weighted by atomic mass is 32.1. The topological polar surface area (TPSA) is 133 Å². The Balaban J connectivity index is 1.38. The normalized spacial score (nSPS) is 15.6. The van der Waals surface area contributed by atoms with E-state index in [1.807, 2.05) is 0 Å². The van der Waals surface area contributed by atoms with E-state index in [1.165, 1.54) is 6.07 Å². The van der Waals surface area contributed by atoms with E-state index in [1.54, 1.807) is 24.4 Å². The van der Waals surface area contributed by atoms with Crippen molar-refractivity contribution in [2.75, 3.05) is 25.0 Å². The monoisotopic (exact) mass is 457 g/mol. The van der Waals surface area contributed by atoms with E-state index >= 15 is 0 Å². The van der Waals surface area contributed by atoms with Gasteiger partial charge >= 0.3 is 0 Å². The second kappa shape index (κ2) is 9.63. The van der Waals surface area contributed by atoms with Gasteiger partial charge in [-0.1, -0.05) is 6.42 Å². The molecule has 3 aromatic heterocycles. The first-order valence-corrected chi connectivity index (χ1v) is 11.0. The van der Waals surface area contributed by atoms with Crippen LogP contribution in [0.4, 0.5) is 10.2 Å². The number of hydrogen-bond donors (Lipinski definition) is 4. The SMILES string of the molecule is O=C(NC[C@@H](O)CO)c1nc(-c2ccc(NCC3(c4ncccc4F)CCC3)nn2)[c]s1. The van der Waals surface area contributed by atoms with Gasteiger partial charge in [-0.05, 0) is 37.1 Å². The lowest BCUT2D eigenvalue weighted by atomic mass is 9.66. The van der Waals surface area contributed by atoms with E-state index in [-0.39, 0.29) is 22.8 Å². The van der Waals surface area contributed by atoms with Crippen molar-refractivity contribution in [3.8, 4) is 11.4 Å². The number of aliphatic hydroxyl groups is 2. The highest BCUT2D eigenvalue weighted by molar-refractivity contribution is 7.11. The fourth-order valence-electron chi connectivity index (χ4n) is 3.49. The van der Waals surface area contributed by atoms with Crippen molar-refractivity contribution in [3.63, 3.8) is 0 Å². The van der Waals surface area contributed by atoms with E-state index in [2.05, 4.69) is 36.2 Å². The van der Waals surface area contributed by atoms with Crippen LogP contribution in [0.15, 0.2) is 30.5 Å². The maximum Gasteiger partial charge on any atom is 0.280 e. The zero-order valence-corrected chi connectivity index (χ0v) is 17.9. The van der Waals surface area contributed by atoms with Gasteiger partial charge in [0, 0.05) is 24.7 Å². The molecule has 32 heavy (non-hydrogen) atoms. The van der Waals surface area contributed by atoms with Crippen LogP contribution < -0.4 is 10.6 Å². The number of rotatable bonds is 9. The van der Waals surface area contributed by atoms with Crippen LogP contribution in [-0.2, 0) is 5.41 Å². The molecule has 0 saturated heterocycles. The Labute approximate surface area is 187 Å². The molecule has 1 aliphatic carbocycles. The van der Waals surface area contributed by atoms with E-state index < -0.39 is 18.6 Å². The minimum atomic E-state index is -1.03. The molecule has 11 heteroatoms. The number of carbonyl (C=O) groups is 1. The fraction of sp³-hybridized carbons (Fsp3) is 0.381. The lowest BCUT2D eigenvalue weighted by Crippen LogP contribution is -2.42. The second-order valence-corrected chi connectivity index (χ2v) is 8.44. The number of amides is 1. The summed E-state index contributed by atoms with van der Waals surface area (Å²) in [6, 6.07) is 6.48. The van der Waals surface area contributed by atoms with Crippen LogP contribution in [0.5, 0.6) is 0 Å². The number of nitrogens with zero attached hydrogens (tertiary/aromatic N) is 4. The number of pyridine rings is 1. The molecular weight excluding hydrogens is 435 g/mol. The van der Waals surface area contributed by atoms with Crippen LogP contribution in [0.1, 0.15) is 34.8 Å². The third kappa shape index (κ3) is 4.74. The van der Waals surface area contributed by atoms with Crippen LogP contribution >= 0.6 is 11.3 Å².